The second-order valence-electron chi connectivity index (χ2n) is 2.77. The number of aromatic nitrogens is 1. The number of pyridine rings is 1. The SMILES string of the molecule is O=C(Nc1ncccc1Br)c1cccs1. The molecule has 2 aromatic heterocycles. The smallest absolute Gasteiger partial charge is 0.266 e. The molecule has 0 bridgehead atoms. The number of carbonyl (C=O) groups excluding carboxylic acids is 1. The van der Waals surface area contributed by atoms with Crippen molar-refractivity contribution in [2.75, 3.05) is 5.32 Å². The van der Waals surface area contributed by atoms with Crippen molar-refractivity contribution in [3.05, 3.63) is 45.2 Å². The Labute approximate surface area is 99.3 Å². The summed E-state index contributed by atoms with van der Waals surface area (Å²) in [7, 11) is 0. The third-order valence-electron chi connectivity index (χ3n) is 1.74. The van der Waals surface area contributed by atoms with Gasteiger partial charge in [-0.05, 0) is 39.5 Å². The van der Waals surface area contributed by atoms with Gasteiger partial charge in [0.1, 0.15) is 5.82 Å². The quantitative estimate of drug-likeness (QED) is 0.919. The van der Waals surface area contributed by atoms with E-state index in [9.17, 15) is 4.79 Å². The second kappa shape index (κ2) is 4.55. The van der Waals surface area contributed by atoms with Gasteiger partial charge in [-0.15, -0.1) is 11.3 Å². The molecule has 2 aromatic rings. The molecule has 0 aromatic carbocycles. The molecule has 0 saturated heterocycles. The molecule has 0 aliphatic rings. The molecular weight excluding hydrogens is 276 g/mol. The molecule has 0 aliphatic carbocycles. The predicted octanol–water partition coefficient (Wildman–Crippen LogP) is 3.16. The normalized spacial score (nSPS) is 9.93. The maximum atomic E-state index is 11.7. The van der Waals surface area contributed by atoms with Crippen LogP contribution in [-0.2, 0) is 0 Å². The van der Waals surface area contributed by atoms with Crippen LogP contribution in [0.2, 0.25) is 0 Å². The second-order valence-corrected chi connectivity index (χ2v) is 4.57. The van der Waals surface area contributed by atoms with Crippen LogP contribution in [0.3, 0.4) is 0 Å². The highest BCUT2D eigenvalue weighted by Crippen LogP contribution is 2.19. The fraction of sp³-hybridized carbons (Fsp3) is 0. The van der Waals surface area contributed by atoms with Crippen molar-refractivity contribution in [2.45, 2.75) is 0 Å². The third-order valence-corrected chi connectivity index (χ3v) is 3.24. The van der Waals surface area contributed by atoms with Crippen LogP contribution < -0.4 is 5.32 Å². The number of hydrogen-bond acceptors (Lipinski definition) is 3. The van der Waals surface area contributed by atoms with Crippen LogP contribution in [0, 0.1) is 0 Å². The summed E-state index contributed by atoms with van der Waals surface area (Å²) in [4.78, 5) is 16.4. The predicted molar refractivity (Wildman–Crippen MR) is 64.2 cm³/mol. The first-order chi connectivity index (χ1) is 7.27. The van der Waals surface area contributed by atoms with Gasteiger partial charge in [-0.3, -0.25) is 4.79 Å². The number of nitrogens with zero attached hydrogens (tertiary/aromatic N) is 1. The molecular formula is C10H7BrN2OS. The van der Waals surface area contributed by atoms with Crippen LogP contribution in [-0.4, -0.2) is 10.9 Å². The zero-order valence-corrected chi connectivity index (χ0v) is 10.0. The van der Waals surface area contributed by atoms with E-state index in [0.29, 0.717) is 10.7 Å². The lowest BCUT2D eigenvalue weighted by molar-refractivity contribution is 0.103. The Morgan fingerprint density at radius 2 is 2.27 bits per heavy atom. The zero-order valence-electron chi connectivity index (χ0n) is 7.61. The minimum absolute atomic E-state index is 0.135. The van der Waals surface area contributed by atoms with Crippen molar-refractivity contribution >= 4 is 39.0 Å². The number of hydrogen-bond donors (Lipinski definition) is 1. The minimum atomic E-state index is -0.135. The number of halogens is 1. The fourth-order valence-corrected chi connectivity index (χ4v) is 2.03. The van der Waals surface area contributed by atoms with E-state index in [-0.39, 0.29) is 5.91 Å². The molecule has 0 aliphatic heterocycles. The van der Waals surface area contributed by atoms with E-state index in [1.807, 2.05) is 17.5 Å². The number of anilines is 1. The van der Waals surface area contributed by atoms with E-state index in [1.54, 1.807) is 18.3 Å². The van der Waals surface area contributed by atoms with Crippen LogP contribution in [0.4, 0.5) is 5.82 Å². The molecule has 0 atom stereocenters. The van der Waals surface area contributed by atoms with Gasteiger partial charge < -0.3 is 5.32 Å². The Bertz CT molecular complexity index is 470. The summed E-state index contributed by atoms with van der Waals surface area (Å²) in [5.41, 5.74) is 0. The molecule has 2 heterocycles. The molecule has 1 amide bonds. The number of nitrogens with one attached hydrogen (secondary N) is 1. The van der Waals surface area contributed by atoms with Crippen molar-refractivity contribution in [3.8, 4) is 0 Å². The van der Waals surface area contributed by atoms with Crippen LogP contribution in [0.25, 0.3) is 0 Å². The van der Waals surface area contributed by atoms with Crippen LogP contribution in [0.5, 0.6) is 0 Å². The zero-order chi connectivity index (χ0) is 10.7. The molecule has 15 heavy (non-hydrogen) atoms. The molecule has 3 nitrogen and oxygen atoms in total. The number of rotatable bonds is 2. The van der Waals surface area contributed by atoms with Crippen LogP contribution in [0.1, 0.15) is 9.67 Å². The summed E-state index contributed by atoms with van der Waals surface area (Å²) in [6.07, 6.45) is 1.63. The molecule has 0 radical (unpaired) electrons. The molecule has 0 unspecified atom stereocenters. The molecule has 0 spiro atoms. The van der Waals surface area contributed by atoms with Crippen molar-refractivity contribution < 1.29 is 4.79 Å². The molecule has 1 N–H and O–H groups in total. The number of carbonyl (C=O) groups is 1. The number of amides is 1. The fourth-order valence-electron chi connectivity index (χ4n) is 1.05. The van der Waals surface area contributed by atoms with Crippen molar-refractivity contribution in [3.63, 3.8) is 0 Å². The largest absolute Gasteiger partial charge is 0.305 e. The summed E-state index contributed by atoms with van der Waals surface area (Å²) in [5, 5.41) is 4.59. The lowest BCUT2D eigenvalue weighted by Gasteiger charge is -2.03. The Morgan fingerprint density at radius 3 is 2.93 bits per heavy atom. The molecule has 0 saturated carbocycles. The average molecular weight is 283 g/mol. The monoisotopic (exact) mass is 282 g/mol. The van der Waals surface area contributed by atoms with Crippen molar-refractivity contribution in [1.29, 1.82) is 0 Å². The van der Waals surface area contributed by atoms with E-state index in [1.165, 1.54) is 11.3 Å². The summed E-state index contributed by atoms with van der Waals surface area (Å²) in [6.45, 7) is 0. The summed E-state index contributed by atoms with van der Waals surface area (Å²) in [6, 6.07) is 7.24. The van der Waals surface area contributed by atoms with Crippen LogP contribution in [0.15, 0.2) is 40.3 Å². The maximum absolute atomic E-state index is 11.7. The Kier molecular flexibility index (Phi) is 3.13. The first kappa shape index (κ1) is 10.3. The minimum Gasteiger partial charge on any atom is -0.305 e. The Morgan fingerprint density at radius 1 is 1.40 bits per heavy atom. The van der Waals surface area contributed by atoms with Gasteiger partial charge in [0.15, 0.2) is 0 Å². The van der Waals surface area contributed by atoms with Gasteiger partial charge in [-0.25, -0.2) is 4.98 Å². The highest BCUT2D eigenvalue weighted by atomic mass is 79.9. The van der Waals surface area contributed by atoms with Gasteiger partial charge in [0.25, 0.3) is 5.91 Å². The van der Waals surface area contributed by atoms with Gasteiger partial charge in [0.2, 0.25) is 0 Å². The lowest BCUT2D eigenvalue weighted by Crippen LogP contribution is -2.11. The van der Waals surface area contributed by atoms with E-state index in [2.05, 4.69) is 26.2 Å². The molecule has 2 rings (SSSR count). The summed E-state index contributed by atoms with van der Waals surface area (Å²) in [5.74, 6) is 0.403. The Balaban J connectivity index is 2.17. The average Bonchev–Trinajstić information content (AvgIpc) is 2.74. The van der Waals surface area contributed by atoms with Gasteiger partial charge in [-0.2, -0.15) is 0 Å². The maximum Gasteiger partial charge on any atom is 0.266 e. The first-order valence-electron chi connectivity index (χ1n) is 4.23. The van der Waals surface area contributed by atoms with Gasteiger partial charge >= 0.3 is 0 Å². The van der Waals surface area contributed by atoms with Crippen molar-refractivity contribution in [2.24, 2.45) is 0 Å². The van der Waals surface area contributed by atoms with E-state index in [0.717, 1.165) is 4.47 Å². The van der Waals surface area contributed by atoms with Crippen LogP contribution >= 0.6 is 27.3 Å². The summed E-state index contributed by atoms with van der Waals surface area (Å²) < 4.78 is 0.773. The first-order valence-corrected chi connectivity index (χ1v) is 5.90. The van der Waals surface area contributed by atoms with Gasteiger partial charge in [-0.1, -0.05) is 6.07 Å². The molecule has 76 valence electrons. The van der Waals surface area contributed by atoms with Gasteiger partial charge in [0, 0.05) is 6.20 Å². The van der Waals surface area contributed by atoms with Crippen molar-refractivity contribution in [1.82, 2.24) is 4.98 Å². The number of thiophene rings is 1. The standard InChI is InChI=1S/C10H7BrN2OS/c11-7-3-1-5-12-9(7)13-10(14)8-4-2-6-15-8/h1-6H,(H,12,13,14). The van der Waals surface area contributed by atoms with Gasteiger partial charge in [0.05, 0.1) is 9.35 Å². The highest BCUT2D eigenvalue weighted by molar-refractivity contribution is 9.10. The van der Waals surface area contributed by atoms with E-state index >= 15 is 0 Å². The lowest BCUT2D eigenvalue weighted by atomic mass is 10.4. The van der Waals surface area contributed by atoms with E-state index in [4.69, 9.17) is 0 Å². The molecule has 5 heteroatoms. The topological polar surface area (TPSA) is 42.0 Å². The summed E-state index contributed by atoms with van der Waals surface area (Å²) >= 11 is 4.72. The highest BCUT2D eigenvalue weighted by Gasteiger charge is 2.08. The Hall–Kier alpha value is -1.20. The molecule has 0 fully saturated rings. The third kappa shape index (κ3) is 2.43. The van der Waals surface area contributed by atoms with E-state index < -0.39 is 0 Å².